The Morgan fingerprint density at radius 1 is 1.02 bits per heavy atom. The minimum Gasteiger partial charge on any atom is -0.493 e. The van der Waals surface area contributed by atoms with E-state index in [2.05, 4.69) is 9.88 Å². The maximum atomic E-state index is 13.8. The zero-order valence-electron chi connectivity index (χ0n) is 27.3. The van der Waals surface area contributed by atoms with E-state index in [9.17, 15) is 13.2 Å². The van der Waals surface area contributed by atoms with Crippen molar-refractivity contribution in [2.75, 3.05) is 70.8 Å². The van der Waals surface area contributed by atoms with Crippen molar-refractivity contribution in [2.45, 2.75) is 31.8 Å². The Labute approximate surface area is 292 Å². The monoisotopic (exact) mass is 721 g/mol. The highest BCUT2D eigenvalue weighted by Gasteiger charge is 2.28. The molecule has 0 bridgehead atoms. The topological polar surface area (TPSA) is 117 Å². The molecule has 260 valence electrons. The highest BCUT2D eigenvalue weighted by atomic mass is 35.5. The molecule has 3 aromatic rings. The average Bonchev–Trinajstić information content (AvgIpc) is 3.91. The van der Waals surface area contributed by atoms with Gasteiger partial charge in [0.1, 0.15) is 11.9 Å². The second kappa shape index (κ2) is 16.4. The SMILES string of the molecule is COc1ccc([C@H](Cc2c(Cl)cncc2Cl)OC(=O)c2ccc(N(CCCN3CCOCC3)S(C)(=O)=O)c(OCC3CC3)c2)cc1OC. The fourth-order valence-electron chi connectivity index (χ4n) is 5.48. The number of hydrogen-bond acceptors (Lipinski definition) is 10. The average molecular weight is 723 g/mol. The van der Waals surface area contributed by atoms with Gasteiger partial charge in [0.15, 0.2) is 11.5 Å². The van der Waals surface area contributed by atoms with Crippen LogP contribution < -0.4 is 18.5 Å². The standard InChI is InChI=1S/C34H41Cl2N3O8S/c1-43-30-10-8-24(17-33(30)44-2)31(19-26-27(35)20-37-21-28(26)36)47-34(40)25-7-9-29(32(18-25)46-22-23-5-6-23)39(48(3,41)42)12-4-11-38-13-15-45-16-14-38/h7-10,17-18,20-21,23,31H,4-6,11-16,19,22H2,1-3H3/t31-/m0/s1. The van der Waals surface area contributed by atoms with Crippen LogP contribution in [0.25, 0.3) is 0 Å². The molecule has 1 saturated heterocycles. The van der Waals surface area contributed by atoms with Crippen LogP contribution in [0.2, 0.25) is 10.0 Å². The van der Waals surface area contributed by atoms with Crippen LogP contribution in [0.1, 0.15) is 46.9 Å². The Morgan fingerprint density at radius 2 is 1.73 bits per heavy atom. The van der Waals surface area contributed by atoms with Gasteiger partial charge in [0.25, 0.3) is 0 Å². The van der Waals surface area contributed by atoms with Gasteiger partial charge >= 0.3 is 5.97 Å². The first-order valence-corrected chi connectivity index (χ1v) is 18.4. The molecule has 1 aromatic heterocycles. The maximum absolute atomic E-state index is 13.8. The molecule has 11 nitrogen and oxygen atoms in total. The predicted octanol–water partition coefficient (Wildman–Crippen LogP) is 5.82. The lowest BCUT2D eigenvalue weighted by Crippen LogP contribution is -2.39. The van der Waals surface area contributed by atoms with Crippen molar-refractivity contribution in [3.05, 3.63) is 75.5 Å². The van der Waals surface area contributed by atoms with Gasteiger partial charge in [0.05, 0.1) is 61.6 Å². The van der Waals surface area contributed by atoms with Gasteiger partial charge in [-0.3, -0.25) is 14.2 Å². The van der Waals surface area contributed by atoms with Crippen molar-refractivity contribution in [1.82, 2.24) is 9.88 Å². The Hall–Kier alpha value is -3.29. The highest BCUT2D eigenvalue weighted by Crippen LogP contribution is 2.38. The van der Waals surface area contributed by atoms with Gasteiger partial charge in [-0.2, -0.15) is 0 Å². The van der Waals surface area contributed by atoms with Crippen LogP contribution in [0, 0.1) is 5.92 Å². The molecule has 0 spiro atoms. The summed E-state index contributed by atoms with van der Waals surface area (Å²) < 4.78 is 56.1. The van der Waals surface area contributed by atoms with E-state index < -0.39 is 22.1 Å². The van der Waals surface area contributed by atoms with E-state index in [1.807, 2.05) is 0 Å². The number of methoxy groups -OCH3 is 2. The molecule has 2 aliphatic rings. The number of nitrogens with zero attached hydrogens (tertiary/aromatic N) is 3. The molecule has 0 unspecified atom stereocenters. The molecule has 1 atom stereocenters. The van der Waals surface area contributed by atoms with Crippen molar-refractivity contribution in [3.63, 3.8) is 0 Å². The van der Waals surface area contributed by atoms with Crippen molar-refractivity contribution in [3.8, 4) is 17.2 Å². The number of morpholine rings is 1. The number of pyridine rings is 1. The van der Waals surface area contributed by atoms with Gasteiger partial charge in [-0.15, -0.1) is 0 Å². The molecule has 48 heavy (non-hydrogen) atoms. The summed E-state index contributed by atoms with van der Waals surface area (Å²) in [5.74, 6) is 1.02. The Morgan fingerprint density at radius 3 is 2.38 bits per heavy atom. The summed E-state index contributed by atoms with van der Waals surface area (Å²) in [5, 5.41) is 0.664. The van der Waals surface area contributed by atoms with Crippen LogP contribution in [0.4, 0.5) is 5.69 Å². The lowest BCUT2D eigenvalue weighted by molar-refractivity contribution is 0.0296. The summed E-state index contributed by atoms with van der Waals surface area (Å²) in [6, 6.07) is 9.95. The first-order valence-electron chi connectivity index (χ1n) is 15.8. The normalized spacial score (nSPS) is 15.9. The van der Waals surface area contributed by atoms with Crippen LogP contribution >= 0.6 is 23.2 Å². The molecule has 0 radical (unpaired) electrons. The second-order valence-corrected chi connectivity index (χ2v) is 14.6. The summed E-state index contributed by atoms with van der Waals surface area (Å²) in [6.07, 6.45) is 6.15. The van der Waals surface area contributed by atoms with Gasteiger partial charge in [-0.05, 0) is 66.6 Å². The predicted molar refractivity (Wildman–Crippen MR) is 184 cm³/mol. The fraction of sp³-hybridized carbons (Fsp3) is 0.471. The van der Waals surface area contributed by atoms with Crippen LogP contribution in [-0.2, 0) is 25.9 Å². The smallest absolute Gasteiger partial charge is 0.338 e. The van der Waals surface area contributed by atoms with Crippen LogP contribution in [0.15, 0.2) is 48.8 Å². The maximum Gasteiger partial charge on any atom is 0.338 e. The minimum atomic E-state index is -3.67. The molecule has 1 aliphatic heterocycles. The van der Waals surface area contributed by atoms with Gasteiger partial charge in [0.2, 0.25) is 10.0 Å². The third-order valence-electron chi connectivity index (χ3n) is 8.35. The molecule has 1 aliphatic carbocycles. The van der Waals surface area contributed by atoms with Gasteiger partial charge < -0.3 is 23.7 Å². The first-order chi connectivity index (χ1) is 23.1. The van der Waals surface area contributed by atoms with Crippen molar-refractivity contribution < 1.29 is 36.9 Å². The molecule has 2 fully saturated rings. The summed E-state index contributed by atoms with van der Waals surface area (Å²) in [5.41, 5.74) is 1.76. The Balaban J connectivity index is 1.43. The zero-order chi connectivity index (χ0) is 34.3. The number of rotatable bonds is 16. The molecule has 5 rings (SSSR count). The van der Waals surface area contributed by atoms with Crippen molar-refractivity contribution in [1.29, 1.82) is 0 Å². The molecular weight excluding hydrogens is 681 g/mol. The molecule has 0 N–H and O–H groups in total. The van der Waals surface area contributed by atoms with E-state index in [4.69, 9.17) is 46.9 Å². The van der Waals surface area contributed by atoms with E-state index in [1.165, 1.54) is 37.2 Å². The fourth-order valence-corrected chi connectivity index (χ4v) is 6.97. The van der Waals surface area contributed by atoms with E-state index in [-0.39, 0.29) is 18.5 Å². The Kier molecular flexibility index (Phi) is 12.3. The molecule has 1 saturated carbocycles. The number of hydrogen-bond donors (Lipinski definition) is 0. The molecule has 0 amide bonds. The third kappa shape index (κ3) is 9.44. The van der Waals surface area contributed by atoms with E-state index in [1.54, 1.807) is 36.4 Å². The minimum absolute atomic E-state index is 0.148. The highest BCUT2D eigenvalue weighted by molar-refractivity contribution is 7.92. The molecular formula is C34H41Cl2N3O8S. The number of anilines is 1. The largest absolute Gasteiger partial charge is 0.493 e. The quantitative estimate of drug-likeness (QED) is 0.168. The second-order valence-electron chi connectivity index (χ2n) is 11.9. The zero-order valence-corrected chi connectivity index (χ0v) is 29.7. The number of carbonyl (C=O) groups excluding carboxylic acids is 1. The number of halogens is 2. The van der Waals surface area contributed by atoms with Crippen LogP contribution in [-0.4, -0.2) is 90.7 Å². The number of esters is 1. The summed E-state index contributed by atoms with van der Waals surface area (Å²) in [6.45, 7) is 4.38. The number of benzene rings is 2. The van der Waals surface area contributed by atoms with E-state index in [0.29, 0.717) is 76.3 Å². The summed E-state index contributed by atoms with van der Waals surface area (Å²) in [7, 11) is -0.613. The van der Waals surface area contributed by atoms with Crippen molar-refractivity contribution >= 4 is 44.9 Å². The number of aromatic nitrogens is 1. The van der Waals surface area contributed by atoms with Crippen molar-refractivity contribution in [2.24, 2.45) is 5.92 Å². The summed E-state index contributed by atoms with van der Waals surface area (Å²) in [4.78, 5) is 20.1. The Bertz CT molecular complexity index is 1660. The molecule has 2 heterocycles. The number of carbonyl (C=O) groups is 1. The van der Waals surface area contributed by atoms with Gasteiger partial charge in [-0.1, -0.05) is 29.3 Å². The van der Waals surface area contributed by atoms with E-state index in [0.717, 1.165) is 32.5 Å². The van der Waals surface area contributed by atoms with Gasteiger partial charge in [0, 0.05) is 45.0 Å². The lowest BCUT2D eigenvalue weighted by Gasteiger charge is -2.29. The molecule has 14 heteroatoms. The first kappa shape index (κ1) is 36.0. The summed E-state index contributed by atoms with van der Waals surface area (Å²) >= 11 is 12.9. The number of ether oxygens (including phenoxy) is 5. The third-order valence-corrected chi connectivity index (χ3v) is 10.2. The van der Waals surface area contributed by atoms with E-state index >= 15 is 0 Å². The van der Waals surface area contributed by atoms with Gasteiger partial charge in [-0.25, -0.2) is 13.2 Å². The van der Waals surface area contributed by atoms with Crippen LogP contribution in [0.5, 0.6) is 17.2 Å². The lowest BCUT2D eigenvalue weighted by atomic mass is 10.0. The molecule has 2 aromatic carbocycles. The van der Waals surface area contributed by atoms with Crippen LogP contribution in [0.3, 0.4) is 0 Å². The number of sulfonamides is 1.